The van der Waals surface area contributed by atoms with Crippen LogP contribution in [0.4, 0.5) is 26.3 Å². The van der Waals surface area contributed by atoms with Gasteiger partial charge in [-0.15, -0.1) is 0 Å². The number of carbonyl (C=O) groups excluding carboxylic acids is 2. The number of amides is 2. The number of hydrogen-bond acceptors (Lipinski definition) is 5. The van der Waals surface area contributed by atoms with Gasteiger partial charge in [-0.2, -0.15) is 26.3 Å². The van der Waals surface area contributed by atoms with Crippen molar-refractivity contribution in [3.05, 3.63) is 64.5 Å². The topological polar surface area (TPSA) is 94.6 Å². The van der Waals surface area contributed by atoms with Gasteiger partial charge in [-0.3, -0.25) is 19.5 Å². The second kappa shape index (κ2) is 10.8. The Kier molecular flexibility index (Phi) is 7.95. The van der Waals surface area contributed by atoms with E-state index in [9.17, 15) is 41.0 Å². The number of aliphatic hydroxyl groups is 1. The monoisotopic (exact) mass is 558 g/mol. The van der Waals surface area contributed by atoms with E-state index < -0.39 is 53.0 Å². The van der Waals surface area contributed by atoms with Gasteiger partial charge in [0.2, 0.25) is 5.91 Å². The summed E-state index contributed by atoms with van der Waals surface area (Å²) in [6.07, 6.45) is -5.79. The van der Waals surface area contributed by atoms with Gasteiger partial charge in [0, 0.05) is 42.1 Å². The molecule has 7 nitrogen and oxygen atoms in total. The van der Waals surface area contributed by atoms with Crippen molar-refractivity contribution in [2.24, 2.45) is 0 Å². The largest absolute Gasteiger partial charge is 0.416 e. The summed E-state index contributed by atoms with van der Waals surface area (Å²) in [5.74, 6) is -1.84. The number of aromatic nitrogens is 1. The van der Waals surface area contributed by atoms with Gasteiger partial charge < -0.3 is 15.7 Å². The quantitative estimate of drug-likeness (QED) is 0.470. The number of likely N-dealkylation sites (tertiary alicyclic amines) is 1. The van der Waals surface area contributed by atoms with E-state index in [0.717, 1.165) is 24.1 Å². The van der Waals surface area contributed by atoms with Crippen LogP contribution in [0.2, 0.25) is 0 Å². The molecule has 0 bridgehead atoms. The smallest absolute Gasteiger partial charge is 0.385 e. The van der Waals surface area contributed by atoms with Gasteiger partial charge in [-0.25, -0.2) is 0 Å². The zero-order chi connectivity index (χ0) is 28.6. The van der Waals surface area contributed by atoms with Crippen LogP contribution in [0.5, 0.6) is 0 Å². The highest BCUT2D eigenvalue weighted by atomic mass is 19.4. The molecule has 1 aromatic carbocycles. The van der Waals surface area contributed by atoms with Crippen LogP contribution in [0.1, 0.15) is 58.4 Å². The molecule has 1 aliphatic carbocycles. The maximum Gasteiger partial charge on any atom is 0.416 e. The number of aryl methyl sites for hydroxylation is 1. The lowest BCUT2D eigenvalue weighted by atomic mass is 9.77. The summed E-state index contributed by atoms with van der Waals surface area (Å²) in [7, 11) is 0. The molecule has 39 heavy (non-hydrogen) atoms. The number of benzene rings is 1. The Morgan fingerprint density at radius 2 is 1.62 bits per heavy atom. The maximum absolute atomic E-state index is 13.0. The highest BCUT2D eigenvalue weighted by molar-refractivity contribution is 5.96. The number of carbonyl (C=O) groups is 2. The zero-order valence-corrected chi connectivity index (χ0v) is 21.0. The molecular formula is C26H28F6N4O3. The van der Waals surface area contributed by atoms with Crippen molar-refractivity contribution in [3.63, 3.8) is 0 Å². The van der Waals surface area contributed by atoms with Crippen LogP contribution >= 0.6 is 0 Å². The van der Waals surface area contributed by atoms with Crippen LogP contribution in [-0.4, -0.2) is 58.5 Å². The van der Waals surface area contributed by atoms with Crippen molar-refractivity contribution in [3.8, 4) is 0 Å². The predicted molar refractivity (Wildman–Crippen MR) is 127 cm³/mol. The molecule has 0 spiro atoms. The second-order valence-corrected chi connectivity index (χ2v) is 10.1. The van der Waals surface area contributed by atoms with Crippen LogP contribution < -0.4 is 10.6 Å². The number of nitrogens with zero attached hydrogens (tertiary/aromatic N) is 2. The molecule has 13 heteroatoms. The third-order valence-corrected chi connectivity index (χ3v) is 7.28. The summed E-state index contributed by atoms with van der Waals surface area (Å²) >= 11 is 0. The Balaban J connectivity index is 1.23. The van der Waals surface area contributed by atoms with Crippen molar-refractivity contribution in [1.82, 2.24) is 20.5 Å². The van der Waals surface area contributed by atoms with Crippen LogP contribution in [-0.2, 0) is 22.7 Å². The summed E-state index contributed by atoms with van der Waals surface area (Å²) in [6, 6.07) is 4.34. The van der Waals surface area contributed by atoms with E-state index in [2.05, 4.69) is 20.5 Å². The summed E-state index contributed by atoms with van der Waals surface area (Å²) in [6.45, 7) is 2.38. The standard InChI is InChI=1S/C26H28F6N4O3/c1-15-2-3-17(11-33-15)24(39)6-4-21(5-7-24)36-13-20(14-36)35-22(37)12-34-23(38)16-8-18(25(27,28)29)10-19(9-16)26(30,31)32/h2-3,8-11,20-21,39H,4-7,12-14H2,1H3,(H,34,38)(H,35,37)/t21-,24-. The molecule has 4 rings (SSSR count). The molecule has 1 aliphatic heterocycles. The van der Waals surface area contributed by atoms with E-state index in [1.807, 2.05) is 19.1 Å². The predicted octanol–water partition coefficient (Wildman–Crippen LogP) is 3.79. The molecule has 3 N–H and O–H groups in total. The van der Waals surface area contributed by atoms with Gasteiger partial charge in [0.05, 0.1) is 29.3 Å². The molecule has 1 aromatic heterocycles. The van der Waals surface area contributed by atoms with E-state index >= 15 is 0 Å². The van der Waals surface area contributed by atoms with Crippen molar-refractivity contribution >= 4 is 11.8 Å². The summed E-state index contributed by atoms with van der Waals surface area (Å²) < 4.78 is 78.1. The highest BCUT2D eigenvalue weighted by Gasteiger charge is 2.41. The molecule has 2 fully saturated rings. The number of rotatable bonds is 6. The van der Waals surface area contributed by atoms with E-state index in [1.165, 1.54) is 0 Å². The van der Waals surface area contributed by atoms with Gasteiger partial charge in [0.1, 0.15) is 0 Å². The highest BCUT2D eigenvalue weighted by Crippen LogP contribution is 2.39. The second-order valence-electron chi connectivity index (χ2n) is 10.1. The summed E-state index contributed by atoms with van der Waals surface area (Å²) in [4.78, 5) is 30.9. The lowest BCUT2D eigenvalue weighted by molar-refractivity contribution is -0.143. The molecule has 2 amide bonds. The Morgan fingerprint density at radius 3 is 2.13 bits per heavy atom. The molecule has 2 aromatic rings. The first-order chi connectivity index (χ1) is 18.1. The third-order valence-electron chi connectivity index (χ3n) is 7.28. The van der Waals surface area contributed by atoms with E-state index in [-0.39, 0.29) is 18.2 Å². The fourth-order valence-corrected chi connectivity index (χ4v) is 5.01. The third kappa shape index (κ3) is 6.88. The Hall–Kier alpha value is -3.19. The van der Waals surface area contributed by atoms with Crippen LogP contribution in [0.15, 0.2) is 36.5 Å². The van der Waals surface area contributed by atoms with Gasteiger partial charge in [0.15, 0.2) is 0 Å². The number of alkyl halides is 6. The van der Waals surface area contributed by atoms with E-state index in [0.29, 0.717) is 38.1 Å². The van der Waals surface area contributed by atoms with Crippen LogP contribution in [0, 0.1) is 6.92 Å². The van der Waals surface area contributed by atoms with Crippen LogP contribution in [0.25, 0.3) is 0 Å². The first-order valence-electron chi connectivity index (χ1n) is 12.4. The first-order valence-corrected chi connectivity index (χ1v) is 12.4. The molecule has 1 saturated heterocycles. The Labute approximate surface area is 220 Å². The van der Waals surface area contributed by atoms with E-state index in [1.54, 1.807) is 6.20 Å². The SMILES string of the molecule is Cc1ccc([C@]2(O)CC[C@H](N3CC(NC(=O)CNC(=O)c4cc(C(F)(F)F)cc(C(F)(F)F)c4)C3)CC2)cn1. The lowest BCUT2D eigenvalue weighted by Crippen LogP contribution is -2.63. The zero-order valence-electron chi connectivity index (χ0n) is 21.0. The van der Waals surface area contributed by atoms with E-state index in [4.69, 9.17) is 0 Å². The van der Waals surface area contributed by atoms with Gasteiger partial charge in [0.25, 0.3) is 5.91 Å². The van der Waals surface area contributed by atoms with Gasteiger partial charge in [-0.1, -0.05) is 6.07 Å². The maximum atomic E-state index is 13.0. The number of nitrogens with one attached hydrogen (secondary N) is 2. The normalized spacial score (nSPS) is 22.7. The average Bonchev–Trinajstić information content (AvgIpc) is 2.84. The minimum atomic E-state index is -5.08. The molecule has 2 aliphatic rings. The lowest BCUT2D eigenvalue weighted by Gasteiger charge is -2.48. The van der Waals surface area contributed by atoms with Crippen LogP contribution in [0.3, 0.4) is 0 Å². The number of halogens is 6. The Morgan fingerprint density at radius 1 is 1.03 bits per heavy atom. The minimum absolute atomic E-state index is 0.0710. The van der Waals surface area contributed by atoms with Crippen molar-refractivity contribution in [1.29, 1.82) is 0 Å². The molecule has 0 unspecified atom stereocenters. The molecule has 2 heterocycles. The fourth-order valence-electron chi connectivity index (χ4n) is 5.01. The van der Waals surface area contributed by atoms with Crippen molar-refractivity contribution in [2.45, 2.75) is 62.6 Å². The molecule has 0 atom stereocenters. The molecule has 1 saturated carbocycles. The van der Waals surface area contributed by atoms with Crippen molar-refractivity contribution in [2.75, 3.05) is 19.6 Å². The summed E-state index contributed by atoms with van der Waals surface area (Å²) in [5.41, 5.74) is -3.33. The van der Waals surface area contributed by atoms with Crippen molar-refractivity contribution < 1.29 is 41.0 Å². The average molecular weight is 559 g/mol. The Bertz CT molecular complexity index is 1170. The van der Waals surface area contributed by atoms with Gasteiger partial charge >= 0.3 is 12.4 Å². The fraction of sp³-hybridized carbons (Fsp3) is 0.500. The first kappa shape index (κ1) is 28.8. The molecule has 212 valence electrons. The van der Waals surface area contributed by atoms with Gasteiger partial charge in [-0.05, 0) is 56.9 Å². The minimum Gasteiger partial charge on any atom is -0.385 e. The molecule has 0 radical (unpaired) electrons. The molecular weight excluding hydrogens is 530 g/mol. The number of pyridine rings is 1. The number of hydrogen-bond donors (Lipinski definition) is 3. The summed E-state index contributed by atoms with van der Waals surface area (Å²) in [5, 5.41) is 15.8.